The second kappa shape index (κ2) is 4.40. The van der Waals surface area contributed by atoms with Crippen LogP contribution < -0.4 is 0 Å². The third-order valence-corrected chi connectivity index (χ3v) is 2.96. The number of carboxylic acids is 1. The quantitative estimate of drug-likeness (QED) is 0.858. The molecule has 16 heavy (non-hydrogen) atoms. The largest absolute Gasteiger partial charge is 0.480 e. The number of aliphatic carboxylic acids is 1. The first-order valence-corrected chi connectivity index (χ1v) is 5.63. The molecule has 2 rings (SSSR count). The number of carboxylic acid groups (broad SMARTS) is 1. The summed E-state index contributed by atoms with van der Waals surface area (Å²) in [5, 5.41) is 23.9. The van der Waals surface area contributed by atoms with E-state index in [1.807, 2.05) is 16.8 Å². The van der Waals surface area contributed by atoms with E-state index in [1.165, 1.54) is 4.68 Å². The molecule has 0 aliphatic carbocycles. The molecule has 0 aromatic carbocycles. The SMILES string of the molecule is CC(C(=O)O)n1nnnc1Cc1ccsc1. The molecular weight excluding hydrogens is 228 g/mol. The molecule has 2 aromatic heterocycles. The Bertz CT molecular complexity index is 479. The zero-order chi connectivity index (χ0) is 11.5. The van der Waals surface area contributed by atoms with Crippen LogP contribution in [0.25, 0.3) is 0 Å². The maximum Gasteiger partial charge on any atom is 0.328 e. The highest BCUT2D eigenvalue weighted by Gasteiger charge is 2.19. The molecule has 0 bridgehead atoms. The third-order valence-electron chi connectivity index (χ3n) is 2.23. The number of tetrazole rings is 1. The van der Waals surface area contributed by atoms with Crippen molar-refractivity contribution in [3.8, 4) is 0 Å². The molecule has 0 saturated heterocycles. The number of aromatic nitrogens is 4. The summed E-state index contributed by atoms with van der Waals surface area (Å²) in [5.74, 6) is -0.382. The number of hydrogen-bond donors (Lipinski definition) is 1. The Labute approximate surface area is 95.5 Å². The van der Waals surface area contributed by atoms with Crippen LogP contribution in [0.4, 0.5) is 0 Å². The van der Waals surface area contributed by atoms with Crippen LogP contribution in [0.5, 0.6) is 0 Å². The molecule has 6 nitrogen and oxygen atoms in total. The van der Waals surface area contributed by atoms with Crippen molar-refractivity contribution in [3.05, 3.63) is 28.2 Å². The van der Waals surface area contributed by atoms with Crippen LogP contribution in [0.3, 0.4) is 0 Å². The minimum Gasteiger partial charge on any atom is -0.480 e. The van der Waals surface area contributed by atoms with Crippen molar-refractivity contribution in [3.63, 3.8) is 0 Å². The Hall–Kier alpha value is -1.76. The first-order chi connectivity index (χ1) is 7.68. The standard InChI is InChI=1S/C9H10N4O2S/c1-6(9(14)15)13-8(10-11-12-13)4-7-2-3-16-5-7/h2-3,5-6H,4H2,1H3,(H,14,15). The summed E-state index contributed by atoms with van der Waals surface area (Å²) in [5.41, 5.74) is 1.08. The molecule has 1 unspecified atom stereocenters. The van der Waals surface area contributed by atoms with Crippen LogP contribution in [0, 0.1) is 0 Å². The van der Waals surface area contributed by atoms with E-state index in [1.54, 1.807) is 18.3 Å². The normalized spacial score (nSPS) is 12.6. The Morgan fingerprint density at radius 3 is 3.12 bits per heavy atom. The van der Waals surface area contributed by atoms with Gasteiger partial charge in [0.25, 0.3) is 0 Å². The van der Waals surface area contributed by atoms with Gasteiger partial charge in [0.1, 0.15) is 6.04 Å². The van der Waals surface area contributed by atoms with E-state index in [0.717, 1.165) is 5.56 Å². The van der Waals surface area contributed by atoms with E-state index in [4.69, 9.17) is 5.11 Å². The highest BCUT2D eigenvalue weighted by atomic mass is 32.1. The molecule has 1 N–H and O–H groups in total. The lowest BCUT2D eigenvalue weighted by Gasteiger charge is -2.07. The van der Waals surface area contributed by atoms with Gasteiger partial charge in [-0.25, -0.2) is 9.48 Å². The summed E-state index contributed by atoms with van der Waals surface area (Å²) in [6.07, 6.45) is 0.550. The van der Waals surface area contributed by atoms with Gasteiger partial charge in [0.15, 0.2) is 5.82 Å². The van der Waals surface area contributed by atoms with E-state index < -0.39 is 12.0 Å². The summed E-state index contributed by atoms with van der Waals surface area (Å²) in [4.78, 5) is 10.8. The summed E-state index contributed by atoms with van der Waals surface area (Å²) >= 11 is 1.59. The summed E-state index contributed by atoms with van der Waals surface area (Å²) < 4.78 is 1.33. The Kier molecular flexibility index (Phi) is 2.95. The molecule has 0 saturated carbocycles. The number of hydrogen-bond acceptors (Lipinski definition) is 5. The van der Waals surface area contributed by atoms with Gasteiger partial charge in [-0.3, -0.25) is 0 Å². The second-order valence-electron chi connectivity index (χ2n) is 3.36. The van der Waals surface area contributed by atoms with E-state index >= 15 is 0 Å². The fourth-order valence-electron chi connectivity index (χ4n) is 1.31. The van der Waals surface area contributed by atoms with Gasteiger partial charge in [-0.05, 0) is 39.7 Å². The lowest BCUT2D eigenvalue weighted by molar-refractivity contribution is -0.140. The molecule has 0 fully saturated rings. The van der Waals surface area contributed by atoms with Crippen LogP contribution in [0.15, 0.2) is 16.8 Å². The zero-order valence-electron chi connectivity index (χ0n) is 8.57. The average molecular weight is 238 g/mol. The van der Waals surface area contributed by atoms with Gasteiger partial charge in [-0.1, -0.05) is 0 Å². The Balaban J connectivity index is 2.22. The van der Waals surface area contributed by atoms with Crippen molar-refractivity contribution in [1.29, 1.82) is 0 Å². The lowest BCUT2D eigenvalue weighted by atomic mass is 10.2. The summed E-state index contributed by atoms with van der Waals surface area (Å²) in [6.45, 7) is 1.55. The van der Waals surface area contributed by atoms with Crippen LogP contribution in [-0.2, 0) is 11.2 Å². The molecule has 0 aliphatic heterocycles. The molecular formula is C9H10N4O2S. The molecule has 0 radical (unpaired) electrons. The summed E-state index contributed by atoms with van der Waals surface area (Å²) in [6, 6.07) is 1.22. The number of rotatable bonds is 4. The van der Waals surface area contributed by atoms with Crippen LogP contribution in [0.2, 0.25) is 0 Å². The third kappa shape index (κ3) is 2.08. The van der Waals surface area contributed by atoms with E-state index in [0.29, 0.717) is 12.2 Å². The van der Waals surface area contributed by atoms with Crippen molar-refractivity contribution < 1.29 is 9.90 Å². The molecule has 1 atom stereocenters. The minimum absolute atomic E-state index is 0.550. The van der Waals surface area contributed by atoms with Crippen LogP contribution in [0.1, 0.15) is 24.4 Å². The van der Waals surface area contributed by atoms with E-state index in [2.05, 4.69) is 15.5 Å². The van der Waals surface area contributed by atoms with Crippen molar-refractivity contribution in [2.75, 3.05) is 0 Å². The fourth-order valence-corrected chi connectivity index (χ4v) is 1.98. The van der Waals surface area contributed by atoms with Gasteiger partial charge >= 0.3 is 5.97 Å². The molecule has 2 aromatic rings. The number of thiophene rings is 1. The van der Waals surface area contributed by atoms with Gasteiger partial charge in [0, 0.05) is 6.42 Å². The highest BCUT2D eigenvalue weighted by Crippen LogP contribution is 2.13. The molecule has 84 valence electrons. The predicted octanol–water partition coefficient (Wildman–Crippen LogP) is 0.971. The monoisotopic (exact) mass is 238 g/mol. The first-order valence-electron chi connectivity index (χ1n) is 4.69. The fraction of sp³-hybridized carbons (Fsp3) is 0.333. The van der Waals surface area contributed by atoms with Crippen molar-refractivity contribution >= 4 is 17.3 Å². The molecule has 2 heterocycles. The van der Waals surface area contributed by atoms with Gasteiger partial charge < -0.3 is 5.11 Å². The Morgan fingerprint density at radius 1 is 1.69 bits per heavy atom. The zero-order valence-corrected chi connectivity index (χ0v) is 9.39. The minimum atomic E-state index is -0.945. The molecule has 0 aliphatic rings. The summed E-state index contributed by atoms with van der Waals surface area (Å²) in [7, 11) is 0. The van der Waals surface area contributed by atoms with Crippen molar-refractivity contribution in [2.24, 2.45) is 0 Å². The highest BCUT2D eigenvalue weighted by molar-refractivity contribution is 7.07. The van der Waals surface area contributed by atoms with E-state index in [-0.39, 0.29) is 0 Å². The van der Waals surface area contributed by atoms with Gasteiger partial charge in [0.05, 0.1) is 0 Å². The number of nitrogens with zero attached hydrogens (tertiary/aromatic N) is 4. The molecule has 0 amide bonds. The van der Waals surface area contributed by atoms with Gasteiger partial charge in [0.2, 0.25) is 0 Å². The number of carbonyl (C=O) groups is 1. The molecule has 7 heteroatoms. The van der Waals surface area contributed by atoms with Crippen molar-refractivity contribution in [2.45, 2.75) is 19.4 Å². The second-order valence-corrected chi connectivity index (χ2v) is 4.14. The predicted molar refractivity (Wildman–Crippen MR) is 57.3 cm³/mol. The maximum absolute atomic E-state index is 10.8. The topological polar surface area (TPSA) is 80.9 Å². The average Bonchev–Trinajstić information content (AvgIpc) is 2.88. The first kappa shape index (κ1) is 10.7. The van der Waals surface area contributed by atoms with Gasteiger partial charge in [-0.2, -0.15) is 11.3 Å². The smallest absolute Gasteiger partial charge is 0.328 e. The van der Waals surface area contributed by atoms with Crippen LogP contribution in [-0.4, -0.2) is 31.3 Å². The van der Waals surface area contributed by atoms with E-state index in [9.17, 15) is 4.79 Å². The van der Waals surface area contributed by atoms with Gasteiger partial charge in [-0.15, -0.1) is 5.10 Å². The van der Waals surface area contributed by atoms with Crippen LogP contribution >= 0.6 is 11.3 Å². The lowest BCUT2D eigenvalue weighted by Crippen LogP contribution is -2.19. The van der Waals surface area contributed by atoms with Crippen molar-refractivity contribution in [1.82, 2.24) is 20.2 Å². The molecule has 0 spiro atoms. The maximum atomic E-state index is 10.8. The Morgan fingerprint density at radius 2 is 2.50 bits per heavy atom.